The molecule has 8 nitrogen and oxygen atoms in total. The van der Waals surface area contributed by atoms with Crippen molar-refractivity contribution in [2.24, 2.45) is 10.9 Å². The van der Waals surface area contributed by atoms with Crippen molar-refractivity contribution >= 4 is 58.5 Å². The summed E-state index contributed by atoms with van der Waals surface area (Å²) in [7, 11) is 0. The van der Waals surface area contributed by atoms with Crippen molar-refractivity contribution in [3.05, 3.63) is 64.1 Å². The lowest BCUT2D eigenvalue weighted by Crippen LogP contribution is -2.72. The van der Waals surface area contributed by atoms with Gasteiger partial charge in [-0.15, -0.1) is 0 Å². The summed E-state index contributed by atoms with van der Waals surface area (Å²) in [6.07, 6.45) is -5.48. The Hall–Kier alpha value is -3.44. The highest BCUT2D eigenvalue weighted by Gasteiger charge is 2.74. The van der Waals surface area contributed by atoms with Gasteiger partial charge in [0.05, 0.1) is 16.3 Å². The summed E-state index contributed by atoms with van der Waals surface area (Å²) in [5, 5.41) is 3.26. The van der Waals surface area contributed by atoms with Gasteiger partial charge in [-0.05, 0) is 30.3 Å². The van der Waals surface area contributed by atoms with Crippen LogP contribution in [0.25, 0.3) is 0 Å². The maximum atomic E-state index is 14.4. The van der Waals surface area contributed by atoms with Crippen molar-refractivity contribution < 1.29 is 32.3 Å². The van der Waals surface area contributed by atoms with Crippen molar-refractivity contribution in [1.29, 1.82) is 0 Å². The van der Waals surface area contributed by atoms with Gasteiger partial charge in [-0.3, -0.25) is 19.7 Å². The summed E-state index contributed by atoms with van der Waals surface area (Å²) in [4.78, 5) is 54.7. The third kappa shape index (κ3) is 3.53. The molecule has 0 spiro atoms. The Morgan fingerprint density at radius 1 is 1.09 bits per heavy atom. The van der Waals surface area contributed by atoms with E-state index >= 15 is 0 Å². The Bertz CT molecular complexity index is 1240. The Labute approximate surface area is 193 Å². The van der Waals surface area contributed by atoms with Gasteiger partial charge < -0.3 is 5.32 Å². The Balaban J connectivity index is 1.83. The number of amidine groups is 1. The average Bonchev–Trinajstić information content (AvgIpc) is 3.01. The molecule has 1 fully saturated rings. The molecule has 2 unspecified atom stereocenters. The maximum absolute atomic E-state index is 14.4. The van der Waals surface area contributed by atoms with Gasteiger partial charge in [0.1, 0.15) is 11.8 Å². The Morgan fingerprint density at radius 3 is 2.36 bits per heavy atom. The summed E-state index contributed by atoms with van der Waals surface area (Å²) < 4.78 is 43.3. The predicted molar refractivity (Wildman–Crippen MR) is 111 cm³/mol. The highest BCUT2D eigenvalue weighted by atomic mass is 35.5. The zero-order valence-electron chi connectivity index (χ0n) is 16.1. The molecule has 4 rings (SSSR count). The van der Waals surface area contributed by atoms with Crippen LogP contribution in [0.4, 0.5) is 23.7 Å². The van der Waals surface area contributed by atoms with Gasteiger partial charge in [-0.2, -0.15) is 18.2 Å². The van der Waals surface area contributed by atoms with Crippen LogP contribution < -0.4 is 15.5 Å². The number of anilines is 1. The van der Waals surface area contributed by atoms with Crippen LogP contribution in [-0.2, 0) is 9.59 Å². The number of hydrogen-bond donors (Lipinski definition) is 2. The van der Waals surface area contributed by atoms with Crippen LogP contribution in [0.1, 0.15) is 10.4 Å². The molecule has 0 radical (unpaired) electrons. The predicted octanol–water partition coefficient (Wildman–Crippen LogP) is 3.34. The lowest BCUT2D eigenvalue weighted by atomic mass is 9.81. The number of urea groups is 1. The third-order valence-corrected chi connectivity index (χ3v) is 5.66. The van der Waals surface area contributed by atoms with E-state index in [-0.39, 0.29) is 15.7 Å². The number of rotatable bonds is 3. The fourth-order valence-corrected chi connectivity index (χ4v) is 4.13. The van der Waals surface area contributed by atoms with Crippen LogP contribution in [0.5, 0.6) is 0 Å². The number of halogens is 5. The molecule has 1 saturated heterocycles. The zero-order chi connectivity index (χ0) is 24.1. The summed E-state index contributed by atoms with van der Waals surface area (Å²) in [6.45, 7) is 0. The van der Waals surface area contributed by atoms with Gasteiger partial charge in [-0.1, -0.05) is 41.4 Å². The molecular weight excluding hydrogens is 488 g/mol. The summed E-state index contributed by atoms with van der Waals surface area (Å²) in [5.74, 6) is -7.84. The quantitative estimate of drug-likeness (QED) is 0.676. The number of imide groups is 1. The summed E-state index contributed by atoms with van der Waals surface area (Å²) in [6, 6.07) is 9.62. The summed E-state index contributed by atoms with van der Waals surface area (Å²) in [5.41, 5.74) is -4.14. The average molecular weight is 499 g/mol. The second kappa shape index (κ2) is 7.85. The fourth-order valence-electron chi connectivity index (χ4n) is 3.63. The van der Waals surface area contributed by atoms with Crippen molar-refractivity contribution in [3.63, 3.8) is 0 Å². The SMILES string of the molecule is O=C(NC1(C(F)(F)F)C(=O)N=C2C1C(=O)NC(=O)N2c1ccccc1)c1ccc(Cl)cc1Cl. The molecule has 13 heteroatoms. The van der Waals surface area contributed by atoms with Crippen molar-refractivity contribution in [2.45, 2.75) is 11.7 Å². The minimum atomic E-state index is -5.48. The van der Waals surface area contributed by atoms with Crippen LogP contribution >= 0.6 is 23.2 Å². The molecule has 2 N–H and O–H groups in total. The number of amides is 5. The van der Waals surface area contributed by atoms with E-state index in [1.807, 2.05) is 0 Å². The number of hydrogen-bond acceptors (Lipinski definition) is 4. The molecule has 33 heavy (non-hydrogen) atoms. The molecule has 5 amide bonds. The molecule has 0 bridgehead atoms. The molecule has 2 aromatic carbocycles. The molecule has 0 saturated carbocycles. The van der Waals surface area contributed by atoms with E-state index in [0.29, 0.717) is 4.90 Å². The minimum absolute atomic E-state index is 0.0593. The highest BCUT2D eigenvalue weighted by molar-refractivity contribution is 6.38. The number of nitrogens with one attached hydrogen (secondary N) is 2. The van der Waals surface area contributed by atoms with Gasteiger partial charge in [0, 0.05) is 5.02 Å². The van der Waals surface area contributed by atoms with Gasteiger partial charge in [-0.25, -0.2) is 9.69 Å². The zero-order valence-corrected chi connectivity index (χ0v) is 17.6. The highest BCUT2D eigenvalue weighted by Crippen LogP contribution is 2.44. The van der Waals surface area contributed by atoms with E-state index in [0.717, 1.165) is 12.1 Å². The normalized spacial score (nSPS) is 22.6. The van der Waals surface area contributed by atoms with Crippen LogP contribution in [0.2, 0.25) is 10.0 Å². The first-order valence-corrected chi connectivity index (χ1v) is 9.90. The number of aliphatic imine (C=N–C) groups is 1. The first kappa shape index (κ1) is 22.7. The Kier molecular flexibility index (Phi) is 5.41. The lowest BCUT2D eigenvalue weighted by Gasteiger charge is -2.39. The number of fused-ring (bicyclic) bond motifs is 1. The first-order valence-electron chi connectivity index (χ1n) is 9.14. The molecule has 2 atom stereocenters. The molecule has 170 valence electrons. The first-order chi connectivity index (χ1) is 15.5. The number of benzene rings is 2. The number of para-hydroxylation sites is 1. The van der Waals surface area contributed by atoms with Gasteiger partial charge in [0.25, 0.3) is 11.8 Å². The molecule has 2 aromatic rings. The molecule has 2 heterocycles. The second-order valence-electron chi connectivity index (χ2n) is 7.06. The van der Waals surface area contributed by atoms with Crippen molar-refractivity contribution in [1.82, 2.24) is 10.6 Å². The van der Waals surface area contributed by atoms with Gasteiger partial charge in [0.2, 0.25) is 11.4 Å². The summed E-state index contributed by atoms with van der Waals surface area (Å²) >= 11 is 11.7. The fraction of sp³-hybridized carbons (Fsp3) is 0.150. The van der Waals surface area contributed by atoms with E-state index in [1.165, 1.54) is 30.3 Å². The van der Waals surface area contributed by atoms with E-state index < -0.39 is 52.8 Å². The smallest absolute Gasteiger partial charge is 0.329 e. The van der Waals surface area contributed by atoms with Gasteiger partial charge >= 0.3 is 12.2 Å². The number of carbonyl (C=O) groups is 4. The number of carbonyl (C=O) groups excluding carboxylic acids is 4. The third-order valence-electron chi connectivity index (χ3n) is 5.12. The monoisotopic (exact) mass is 498 g/mol. The number of nitrogens with zero attached hydrogens (tertiary/aromatic N) is 2. The van der Waals surface area contributed by atoms with Gasteiger partial charge in [0.15, 0.2) is 0 Å². The Morgan fingerprint density at radius 2 is 1.76 bits per heavy atom. The van der Waals surface area contributed by atoms with E-state index in [1.54, 1.807) is 16.7 Å². The standard InChI is InChI=1S/C20H11Cl2F3N4O4/c21-9-6-7-11(12(22)8-9)15(30)28-19(20(23,24)25)13-14(26-17(19)32)29(18(33)27-16(13)31)10-4-2-1-3-5-10/h1-8,13H,(H,28,30)(H,27,31,33). The van der Waals surface area contributed by atoms with Crippen molar-refractivity contribution in [3.8, 4) is 0 Å². The number of alkyl halides is 3. The van der Waals surface area contributed by atoms with Crippen LogP contribution in [-0.4, -0.2) is 41.3 Å². The lowest BCUT2D eigenvalue weighted by molar-refractivity contribution is -0.201. The molecule has 0 aromatic heterocycles. The topological polar surface area (TPSA) is 108 Å². The maximum Gasteiger partial charge on any atom is 0.422 e. The minimum Gasteiger partial charge on any atom is -0.329 e. The van der Waals surface area contributed by atoms with Crippen LogP contribution in [0.3, 0.4) is 0 Å². The molecule has 0 aliphatic carbocycles. The van der Waals surface area contributed by atoms with E-state index in [4.69, 9.17) is 23.2 Å². The van der Waals surface area contributed by atoms with Crippen molar-refractivity contribution in [2.75, 3.05) is 4.90 Å². The second-order valence-corrected chi connectivity index (χ2v) is 7.90. The molecular formula is C20H11Cl2F3N4O4. The van der Waals surface area contributed by atoms with Crippen LogP contribution in [0.15, 0.2) is 53.5 Å². The van der Waals surface area contributed by atoms with Crippen LogP contribution in [0, 0.1) is 5.92 Å². The molecule has 2 aliphatic rings. The van der Waals surface area contributed by atoms with E-state index in [2.05, 4.69) is 4.99 Å². The molecule has 2 aliphatic heterocycles. The van der Waals surface area contributed by atoms with E-state index in [9.17, 15) is 32.3 Å². The largest absolute Gasteiger partial charge is 0.422 e.